The Labute approximate surface area is 179 Å². The van der Waals surface area contributed by atoms with Crippen LogP contribution in [0.4, 0.5) is 5.82 Å². The van der Waals surface area contributed by atoms with Crippen molar-refractivity contribution in [2.24, 2.45) is 5.41 Å². The van der Waals surface area contributed by atoms with Crippen molar-refractivity contribution < 1.29 is 14.3 Å². The summed E-state index contributed by atoms with van der Waals surface area (Å²) in [6.07, 6.45) is 1.04. The van der Waals surface area contributed by atoms with Crippen LogP contribution in [0.2, 0.25) is 0 Å². The van der Waals surface area contributed by atoms with Crippen LogP contribution in [-0.2, 0) is 16.1 Å². The van der Waals surface area contributed by atoms with E-state index < -0.39 is 17.2 Å². The number of allylic oxidation sites excluding steroid dienone is 2. The van der Waals surface area contributed by atoms with Crippen molar-refractivity contribution in [1.29, 1.82) is 0 Å². The van der Waals surface area contributed by atoms with Crippen LogP contribution in [0.15, 0.2) is 45.1 Å². The summed E-state index contributed by atoms with van der Waals surface area (Å²) in [5.74, 6) is 0.552. The molecule has 0 radical (unpaired) electrons. The van der Waals surface area contributed by atoms with Crippen molar-refractivity contribution in [2.75, 3.05) is 26.1 Å². The topological polar surface area (TPSA) is 102 Å². The Bertz CT molecular complexity index is 1170. The Morgan fingerprint density at radius 3 is 2.45 bits per heavy atom. The molecule has 2 aliphatic rings. The molecule has 0 unspecified atom stereocenters. The van der Waals surface area contributed by atoms with Crippen LogP contribution >= 0.6 is 0 Å². The predicted octanol–water partition coefficient (Wildman–Crippen LogP) is 2.39. The SMILES string of the molecule is COCCn1c2c(c(=O)[nH]c1=O)[C@H](c1ccc(OC)cc1)C1=C(CC(C)(C)CC1=O)N2. The lowest BCUT2D eigenvalue weighted by molar-refractivity contribution is -0.118. The first kappa shape index (κ1) is 21.1. The monoisotopic (exact) mass is 425 g/mol. The van der Waals surface area contributed by atoms with Gasteiger partial charge in [-0.2, -0.15) is 0 Å². The van der Waals surface area contributed by atoms with Gasteiger partial charge < -0.3 is 14.8 Å². The second-order valence-electron chi connectivity index (χ2n) is 8.83. The van der Waals surface area contributed by atoms with Gasteiger partial charge in [0.1, 0.15) is 11.6 Å². The van der Waals surface area contributed by atoms with Crippen molar-refractivity contribution in [1.82, 2.24) is 9.55 Å². The number of methoxy groups -OCH3 is 2. The summed E-state index contributed by atoms with van der Waals surface area (Å²) in [5.41, 5.74) is 1.31. The zero-order chi connectivity index (χ0) is 22.3. The number of ketones is 1. The van der Waals surface area contributed by atoms with E-state index in [-0.39, 0.29) is 17.7 Å². The summed E-state index contributed by atoms with van der Waals surface area (Å²) in [6.45, 7) is 4.68. The third-order valence-corrected chi connectivity index (χ3v) is 5.97. The molecular formula is C23H27N3O5. The molecular weight excluding hydrogens is 398 g/mol. The zero-order valence-electron chi connectivity index (χ0n) is 18.2. The highest BCUT2D eigenvalue weighted by molar-refractivity contribution is 6.01. The molecule has 1 atom stereocenters. The number of carbonyl (C=O) groups is 1. The number of aromatic nitrogens is 2. The number of rotatable bonds is 5. The fraction of sp³-hybridized carbons (Fsp3) is 0.435. The number of anilines is 1. The highest BCUT2D eigenvalue weighted by Gasteiger charge is 2.42. The third kappa shape index (κ3) is 3.72. The summed E-state index contributed by atoms with van der Waals surface area (Å²) in [6, 6.07) is 7.34. The Hall–Kier alpha value is -3.13. The molecule has 0 amide bonds. The Kier molecular flexibility index (Phi) is 5.35. The molecule has 2 aromatic rings. The third-order valence-electron chi connectivity index (χ3n) is 5.97. The second kappa shape index (κ2) is 7.85. The lowest BCUT2D eigenvalue weighted by Crippen LogP contribution is -2.42. The van der Waals surface area contributed by atoms with E-state index in [0.29, 0.717) is 42.2 Å². The molecule has 2 N–H and O–H groups in total. The second-order valence-corrected chi connectivity index (χ2v) is 8.83. The highest BCUT2D eigenvalue weighted by atomic mass is 16.5. The van der Waals surface area contributed by atoms with Gasteiger partial charge in [0.25, 0.3) is 5.56 Å². The maximum Gasteiger partial charge on any atom is 0.330 e. The number of carbonyl (C=O) groups excluding carboxylic acids is 1. The van der Waals surface area contributed by atoms with Crippen molar-refractivity contribution in [2.45, 2.75) is 39.2 Å². The van der Waals surface area contributed by atoms with Gasteiger partial charge in [0.15, 0.2) is 5.78 Å². The van der Waals surface area contributed by atoms with Crippen LogP contribution in [0.3, 0.4) is 0 Å². The molecule has 1 aliphatic heterocycles. The van der Waals surface area contributed by atoms with Crippen LogP contribution in [-0.4, -0.2) is 36.2 Å². The summed E-state index contributed by atoms with van der Waals surface area (Å²) >= 11 is 0. The van der Waals surface area contributed by atoms with E-state index in [0.717, 1.165) is 11.3 Å². The first-order chi connectivity index (χ1) is 14.8. The molecule has 31 heavy (non-hydrogen) atoms. The molecule has 8 nitrogen and oxygen atoms in total. The normalized spacial score (nSPS) is 19.5. The standard InChI is InChI=1S/C23H27N3O5/c1-23(2)11-15-18(16(27)12-23)17(13-5-7-14(31-4)8-6-13)19-20(24-15)26(9-10-30-3)22(29)25-21(19)28/h5-8,17,24H,9-12H2,1-4H3,(H,25,28,29)/t17-/m1/s1. The number of H-pyrrole nitrogens is 1. The number of nitrogens with one attached hydrogen (secondary N) is 2. The summed E-state index contributed by atoms with van der Waals surface area (Å²) in [5, 5.41) is 3.29. The first-order valence-corrected chi connectivity index (χ1v) is 10.3. The van der Waals surface area contributed by atoms with Gasteiger partial charge in [-0.1, -0.05) is 26.0 Å². The van der Waals surface area contributed by atoms with Gasteiger partial charge >= 0.3 is 5.69 Å². The van der Waals surface area contributed by atoms with E-state index in [9.17, 15) is 14.4 Å². The predicted molar refractivity (Wildman–Crippen MR) is 117 cm³/mol. The lowest BCUT2D eigenvalue weighted by atomic mass is 9.69. The number of hydrogen-bond donors (Lipinski definition) is 2. The van der Waals surface area contributed by atoms with Crippen LogP contribution < -0.4 is 21.3 Å². The van der Waals surface area contributed by atoms with Crippen LogP contribution in [0.5, 0.6) is 5.75 Å². The minimum Gasteiger partial charge on any atom is -0.497 e. The Balaban J connectivity index is 1.98. The molecule has 8 heteroatoms. The maximum absolute atomic E-state index is 13.3. The van der Waals surface area contributed by atoms with Crippen molar-refractivity contribution in [3.8, 4) is 5.75 Å². The summed E-state index contributed by atoms with van der Waals surface area (Å²) in [7, 11) is 3.14. The molecule has 1 aromatic heterocycles. The fourth-order valence-electron chi connectivity index (χ4n) is 4.58. The molecule has 2 heterocycles. The number of ether oxygens (including phenoxy) is 2. The van der Waals surface area contributed by atoms with E-state index in [2.05, 4.69) is 10.3 Å². The molecule has 0 fully saturated rings. The quantitative estimate of drug-likeness (QED) is 0.763. The molecule has 0 saturated heterocycles. The van der Waals surface area contributed by atoms with Crippen molar-refractivity contribution in [3.05, 3.63) is 67.5 Å². The number of benzene rings is 1. The van der Waals surface area contributed by atoms with Gasteiger partial charge in [0.05, 0.1) is 25.8 Å². The molecule has 0 spiro atoms. The van der Waals surface area contributed by atoms with E-state index >= 15 is 0 Å². The van der Waals surface area contributed by atoms with Gasteiger partial charge in [0.2, 0.25) is 0 Å². The maximum atomic E-state index is 13.3. The number of fused-ring (bicyclic) bond motifs is 1. The molecule has 0 saturated carbocycles. The first-order valence-electron chi connectivity index (χ1n) is 10.3. The Morgan fingerprint density at radius 2 is 1.81 bits per heavy atom. The van der Waals surface area contributed by atoms with Gasteiger partial charge in [-0.15, -0.1) is 0 Å². The van der Waals surface area contributed by atoms with Gasteiger partial charge in [-0.3, -0.25) is 19.1 Å². The number of aromatic amines is 1. The Morgan fingerprint density at radius 1 is 1.10 bits per heavy atom. The minimum absolute atomic E-state index is 0.0132. The molecule has 164 valence electrons. The fourth-order valence-corrected chi connectivity index (χ4v) is 4.58. The van der Waals surface area contributed by atoms with Crippen molar-refractivity contribution >= 4 is 11.6 Å². The summed E-state index contributed by atoms with van der Waals surface area (Å²) in [4.78, 5) is 41.3. The minimum atomic E-state index is -0.570. The number of nitrogens with zero attached hydrogens (tertiary/aromatic N) is 1. The van der Waals surface area contributed by atoms with E-state index in [1.807, 2.05) is 38.1 Å². The zero-order valence-corrected chi connectivity index (χ0v) is 18.2. The number of hydrogen-bond acceptors (Lipinski definition) is 6. The van der Waals surface area contributed by atoms with E-state index in [4.69, 9.17) is 9.47 Å². The van der Waals surface area contributed by atoms with Crippen molar-refractivity contribution in [3.63, 3.8) is 0 Å². The smallest absolute Gasteiger partial charge is 0.330 e. The molecule has 1 aromatic carbocycles. The van der Waals surface area contributed by atoms with Gasteiger partial charge in [-0.05, 0) is 29.5 Å². The lowest BCUT2D eigenvalue weighted by Gasteiger charge is -2.39. The van der Waals surface area contributed by atoms with Crippen LogP contribution in [0, 0.1) is 5.41 Å². The van der Waals surface area contributed by atoms with Crippen LogP contribution in [0.25, 0.3) is 0 Å². The largest absolute Gasteiger partial charge is 0.497 e. The average Bonchev–Trinajstić information content (AvgIpc) is 2.71. The number of Topliss-reactive ketones (excluding diaryl/α,β-unsaturated/α-hetero) is 1. The molecule has 4 rings (SSSR count). The van der Waals surface area contributed by atoms with E-state index in [1.165, 1.54) is 4.57 Å². The molecule has 0 bridgehead atoms. The summed E-state index contributed by atoms with van der Waals surface area (Å²) < 4.78 is 11.9. The highest BCUT2D eigenvalue weighted by Crippen LogP contribution is 2.47. The average molecular weight is 425 g/mol. The van der Waals surface area contributed by atoms with Crippen LogP contribution in [0.1, 0.15) is 43.7 Å². The van der Waals surface area contributed by atoms with Gasteiger partial charge in [0, 0.05) is 30.7 Å². The van der Waals surface area contributed by atoms with E-state index in [1.54, 1.807) is 14.2 Å². The van der Waals surface area contributed by atoms with Gasteiger partial charge in [-0.25, -0.2) is 4.79 Å². The molecule has 1 aliphatic carbocycles.